The summed E-state index contributed by atoms with van der Waals surface area (Å²) in [5.74, 6) is -1.07. The van der Waals surface area contributed by atoms with Crippen molar-refractivity contribution in [2.75, 3.05) is 6.54 Å². The topological polar surface area (TPSA) is 104 Å². The van der Waals surface area contributed by atoms with Gasteiger partial charge in [0.05, 0.1) is 5.56 Å². The molecule has 0 spiro atoms. The smallest absolute Gasteiger partial charge is 0.269 e. The van der Waals surface area contributed by atoms with Crippen molar-refractivity contribution in [3.63, 3.8) is 0 Å². The zero-order chi connectivity index (χ0) is 27.3. The molecular formula is C28H34ClN3O5S. The Bertz CT molecular complexity index is 1290. The number of carbonyl (C=O) groups excluding carboxylic acids is 3. The number of nitrogens with zero attached hydrogens (tertiary/aromatic N) is 2. The summed E-state index contributed by atoms with van der Waals surface area (Å²) < 4.78 is 26.5. The number of amides is 3. The van der Waals surface area contributed by atoms with E-state index in [1.54, 1.807) is 24.3 Å². The van der Waals surface area contributed by atoms with Crippen molar-refractivity contribution in [2.24, 2.45) is 0 Å². The van der Waals surface area contributed by atoms with Crippen LogP contribution in [0.2, 0.25) is 5.02 Å². The summed E-state index contributed by atoms with van der Waals surface area (Å²) in [6.07, 6.45) is 5.72. The Morgan fingerprint density at radius 3 is 2.45 bits per heavy atom. The summed E-state index contributed by atoms with van der Waals surface area (Å²) >= 11 is 6.39. The van der Waals surface area contributed by atoms with Crippen LogP contribution < -0.4 is 5.32 Å². The molecule has 1 atom stereocenters. The van der Waals surface area contributed by atoms with E-state index in [4.69, 9.17) is 11.6 Å². The average Bonchev–Trinajstić information content (AvgIpc) is 3.10. The zero-order valence-corrected chi connectivity index (χ0v) is 23.1. The standard InChI is InChI=1S/C28H34ClN3O5S/c1-2-24(27(34)30-21-12-4-3-5-13-21)31(19-20-11-6-8-15-23(20)29)26(33)17-10-18-32-28(35)22-14-7-9-16-25(22)38(32,36)37/h6-9,11,14-16,21,24H,2-5,10,12-13,17-19H2,1H3,(H,30,34). The lowest BCUT2D eigenvalue weighted by Crippen LogP contribution is -2.51. The number of benzene rings is 2. The highest BCUT2D eigenvalue weighted by Crippen LogP contribution is 2.30. The van der Waals surface area contributed by atoms with Crippen LogP contribution in [0.5, 0.6) is 0 Å². The average molecular weight is 560 g/mol. The van der Waals surface area contributed by atoms with Gasteiger partial charge in [0, 0.05) is 30.6 Å². The van der Waals surface area contributed by atoms with Gasteiger partial charge >= 0.3 is 0 Å². The summed E-state index contributed by atoms with van der Waals surface area (Å²) in [4.78, 5) is 41.1. The van der Waals surface area contributed by atoms with Crippen LogP contribution >= 0.6 is 11.6 Å². The van der Waals surface area contributed by atoms with Crippen molar-refractivity contribution in [1.29, 1.82) is 0 Å². The van der Waals surface area contributed by atoms with E-state index in [1.165, 1.54) is 23.5 Å². The second-order valence-electron chi connectivity index (χ2n) is 9.86. The van der Waals surface area contributed by atoms with E-state index in [2.05, 4.69) is 5.32 Å². The fourth-order valence-corrected chi connectivity index (χ4v) is 7.05. The van der Waals surface area contributed by atoms with Crippen LogP contribution in [0.3, 0.4) is 0 Å². The van der Waals surface area contributed by atoms with Gasteiger partial charge in [0.1, 0.15) is 10.9 Å². The van der Waals surface area contributed by atoms with E-state index in [1.807, 2.05) is 19.1 Å². The number of sulfonamides is 1. The zero-order valence-electron chi connectivity index (χ0n) is 21.6. The molecule has 8 nitrogen and oxygen atoms in total. The Hall–Kier alpha value is -2.91. The molecule has 1 aliphatic heterocycles. The largest absolute Gasteiger partial charge is 0.352 e. The van der Waals surface area contributed by atoms with Crippen molar-refractivity contribution >= 4 is 39.3 Å². The highest BCUT2D eigenvalue weighted by molar-refractivity contribution is 7.90. The Kier molecular flexibility index (Phi) is 9.10. The number of halogens is 1. The van der Waals surface area contributed by atoms with Gasteiger partial charge in [-0.05, 0) is 49.4 Å². The van der Waals surface area contributed by atoms with E-state index < -0.39 is 22.0 Å². The maximum Gasteiger partial charge on any atom is 0.269 e. The van der Waals surface area contributed by atoms with Gasteiger partial charge in [0.15, 0.2) is 0 Å². The first-order valence-electron chi connectivity index (χ1n) is 13.2. The van der Waals surface area contributed by atoms with Gasteiger partial charge in [-0.2, -0.15) is 0 Å². The van der Waals surface area contributed by atoms with Gasteiger partial charge in [-0.3, -0.25) is 14.4 Å². The van der Waals surface area contributed by atoms with Gasteiger partial charge in [0.25, 0.3) is 15.9 Å². The molecule has 1 fully saturated rings. The van der Waals surface area contributed by atoms with Crippen LogP contribution in [0.1, 0.15) is 74.2 Å². The molecule has 1 saturated carbocycles. The van der Waals surface area contributed by atoms with Crippen LogP contribution in [0, 0.1) is 0 Å². The van der Waals surface area contributed by atoms with Crippen LogP contribution in [-0.4, -0.2) is 54.0 Å². The third kappa shape index (κ3) is 6.04. The molecule has 204 valence electrons. The van der Waals surface area contributed by atoms with E-state index in [0.717, 1.165) is 35.6 Å². The van der Waals surface area contributed by atoms with Crippen molar-refractivity contribution in [3.05, 3.63) is 64.7 Å². The second kappa shape index (κ2) is 12.3. The van der Waals surface area contributed by atoms with Crippen LogP contribution in [0.4, 0.5) is 0 Å². The van der Waals surface area contributed by atoms with Crippen LogP contribution in [0.25, 0.3) is 0 Å². The Morgan fingerprint density at radius 1 is 1.08 bits per heavy atom. The minimum atomic E-state index is -3.94. The lowest BCUT2D eigenvalue weighted by Gasteiger charge is -2.33. The summed E-state index contributed by atoms with van der Waals surface area (Å²) in [6.45, 7) is 1.90. The third-order valence-corrected chi connectivity index (χ3v) is 9.51. The van der Waals surface area contributed by atoms with Crippen LogP contribution in [0.15, 0.2) is 53.4 Å². The molecule has 4 rings (SSSR count). The van der Waals surface area contributed by atoms with Crippen molar-refractivity contribution in [3.8, 4) is 0 Å². The molecule has 2 aliphatic rings. The van der Waals surface area contributed by atoms with Gasteiger partial charge < -0.3 is 10.2 Å². The van der Waals surface area contributed by atoms with Crippen molar-refractivity contribution in [2.45, 2.75) is 81.8 Å². The molecule has 1 N–H and O–H groups in total. The molecule has 0 radical (unpaired) electrons. The highest BCUT2D eigenvalue weighted by atomic mass is 35.5. The number of nitrogens with one attached hydrogen (secondary N) is 1. The SMILES string of the molecule is CCC(C(=O)NC1CCCCC1)N(Cc1ccccc1Cl)C(=O)CCCN1C(=O)c2ccccc2S1(=O)=O. The Labute approximate surface area is 229 Å². The molecule has 0 saturated heterocycles. The molecule has 0 bridgehead atoms. The van der Waals surface area contributed by atoms with E-state index in [0.29, 0.717) is 11.4 Å². The summed E-state index contributed by atoms with van der Waals surface area (Å²) in [6, 6.07) is 12.7. The van der Waals surface area contributed by atoms with Crippen LogP contribution in [-0.2, 0) is 26.2 Å². The fourth-order valence-electron chi connectivity index (χ4n) is 5.24. The van der Waals surface area contributed by atoms with Gasteiger partial charge in [-0.25, -0.2) is 12.7 Å². The monoisotopic (exact) mass is 559 g/mol. The predicted octanol–water partition coefficient (Wildman–Crippen LogP) is 4.52. The molecule has 10 heteroatoms. The van der Waals surface area contributed by atoms with Gasteiger partial charge in [-0.15, -0.1) is 0 Å². The molecule has 1 heterocycles. The Balaban J connectivity index is 1.47. The minimum Gasteiger partial charge on any atom is -0.352 e. The van der Waals surface area contributed by atoms with Gasteiger partial charge in [-0.1, -0.05) is 68.1 Å². The molecule has 38 heavy (non-hydrogen) atoms. The first kappa shape index (κ1) is 28.1. The van der Waals surface area contributed by atoms with Crippen molar-refractivity contribution in [1.82, 2.24) is 14.5 Å². The molecule has 1 aliphatic carbocycles. The molecule has 3 amide bonds. The molecule has 1 unspecified atom stereocenters. The lowest BCUT2D eigenvalue weighted by atomic mass is 9.95. The molecule has 0 aromatic heterocycles. The van der Waals surface area contributed by atoms with E-state index in [9.17, 15) is 22.8 Å². The van der Waals surface area contributed by atoms with E-state index >= 15 is 0 Å². The normalized spacial score (nSPS) is 17.6. The minimum absolute atomic E-state index is 0.0119. The second-order valence-corrected chi connectivity index (χ2v) is 12.1. The molecule has 2 aromatic rings. The maximum atomic E-state index is 13.5. The highest BCUT2D eigenvalue weighted by Gasteiger charge is 2.40. The number of fused-ring (bicyclic) bond motifs is 1. The third-order valence-electron chi connectivity index (χ3n) is 7.30. The van der Waals surface area contributed by atoms with Gasteiger partial charge in [0.2, 0.25) is 11.8 Å². The number of hydrogen-bond donors (Lipinski definition) is 1. The number of carbonyl (C=O) groups is 3. The quantitative estimate of drug-likeness (QED) is 0.461. The molecular weight excluding hydrogens is 526 g/mol. The lowest BCUT2D eigenvalue weighted by molar-refractivity contribution is -0.141. The summed E-state index contributed by atoms with van der Waals surface area (Å²) in [7, 11) is -3.94. The number of rotatable bonds is 10. The Morgan fingerprint density at radius 2 is 1.76 bits per heavy atom. The first-order valence-corrected chi connectivity index (χ1v) is 15.0. The molecule has 2 aromatic carbocycles. The van der Waals surface area contributed by atoms with Crippen molar-refractivity contribution < 1.29 is 22.8 Å². The van der Waals surface area contributed by atoms with E-state index in [-0.39, 0.29) is 54.2 Å². The maximum absolute atomic E-state index is 13.5. The summed E-state index contributed by atoms with van der Waals surface area (Å²) in [5.41, 5.74) is 0.865. The fraction of sp³-hybridized carbons (Fsp3) is 0.464. The number of hydrogen-bond acceptors (Lipinski definition) is 5. The first-order chi connectivity index (χ1) is 18.2. The summed E-state index contributed by atoms with van der Waals surface area (Å²) in [5, 5.41) is 3.63. The predicted molar refractivity (Wildman–Crippen MR) is 145 cm³/mol.